The average molecular weight is 363 g/mol. The number of nitrogens with zero attached hydrogens (tertiary/aromatic N) is 4. The fourth-order valence-corrected chi connectivity index (χ4v) is 3.26. The summed E-state index contributed by atoms with van der Waals surface area (Å²) in [5.41, 5.74) is 1.78. The summed E-state index contributed by atoms with van der Waals surface area (Å²) in [5, 5.41) is 17.9. The molecule has 3 rings (SSSR count). The molecule has 132 valence electrons. The lowest BCUT2D eigenvalue weighted by molar-refractivity contribution is -0.143. The Morgan fingerprint density at radius 1 is 1.32 bits per heavy atom. The summed E-state index contributed by atoms with van der Waals surface area (Å²) in [5.74, 6) is -1.38. The van der Waals surface area contributed by atoms with Gasteiger partial charge in [-0.1, -0.05) is 29.8 Å². The number of hydrogen-bond donors (Lipinski definition) is 1. The summed E-state index contributed by atoms with van der Waals surface area (Å²) in [6.07, 6.45) is 1.52. The smallest absolute Gasteiger partial charge is 0.306 e. The molecule has 1 aliphatic heterocycles. The van der Waals surface area contributed by atoms with Crippen molar-refractivity contribution in [3.05, 3.63) is 40.7 Å². The fourth-order valence-electron chi connectivity index (χ4n) is 3.08. The molecule has 1 N–H and O–H groups in total. The van der Waals surface area contributed by atoms with Gasteiger partial charge in [0.15, 0.2) is 5.69 Å². The predicted molar refractivity (Wildman–Crippen MR) is 92.0 cm³/mol. The third kappa shape index (κ3) is 3.51. The van der Waals surface area contributed by atoms with Gasteiger partial charge in [0.25, 0.3) is 5.91 Å². The second-order valence-corrected chi connectivity index (χ2v) is 6.47. The first-order valence-electron chi connectivity index (χ1n) is 8.23. The van der Waals surface area contributed by atoms with Crippen molar-refractivity contribution in [2.75, 3.05) is 13.1 Å². The molecule has 25 heavy (non-hydrogen) atoms. The van der Waals surface area contributed by atoms with E-state index in [1.54, 1.807) is 21.7 Å². The summed E-state index contributed by atoms with van der Waals surface area (Å²) in [6, 6.07) is 7.21. The van der Waals surface area contributed by atoms with Crippen molar-refractivity contribution in [3.8, 4) is 5.69 Å². The molecule has 1 amide bonds. The second kappa shape index (κ2) is 7.23. The molecule has 1 aromatic heterocycles. The zero-order valence-corrected chi connectivity index (χ0v) is 14.6. The van der Waals surface area contributed by atoms with E-state index in [4.69, 9.17) is 16.7 Å². The van der Waals surface area contributed by atoms with Gasteiger partial charge in [-0.05, 0) is 37.5 Å². The molecule has 1 fully saturated rings. The van der Waals surface area contributed by atoms with Gasteiger partial charge in [-0.25, -0.2) is 4.68 Å². The van der Waals surface area contributed by atoms with E-state index in [0.29, 0.717) is 48.8 Å². The molecule has 1 saturated heterocycles. The molecule has 1 aromatic carbocycles. The van der Waals surface area contributed by atoms with Crippen LogP contribution in [0.15, 0.2) is 24.3 Å². The molecule has 7 nitrogen and oxygen atoms in total. The predicted octanol–water partition coefficient (Wildman–Crippen LogP) is 2.42. The normalized spacial score (nSPS) is 15.4. The topological polar surface area (TPSA) is 88.3 Å². The third-order valence-corrected chi connectivity index (χ3v) is 4.72. The molecule has 0 unspecified atom stereocenters. The van der Waals surface area contributed by atoms with E-state index < -0.39 is 5.97 Å². The van der Waals surface area contributed by atoms with Crippen LogP contribution in [0.25, 0.3) is 5.69 Å². The molecule has 0 saturated carbocycles. The van der Waals surface area contributed by atoms with Gasteiger partial charge in [0.05, 0.1) is 17.3 Å². The first-order valence-corrected chi connectivity index (χ1v) is 8.61. The number of likely N-dealkylation sites (tertiary alicyclic amines) is 1. The van der Waals surface area contributed by atoms with E-state index in [2.05, 4.69) is 10.3 Å². The average Bonchev–Trinajstić information content (AvgIpc) is 3.05. The number of rotatable bonds is 4. The van der Waals surface area contributed by atoms with Crippen molar-refractivity contribution in [1.82, 2.24) is 19.9 Å². The Bertz CT molecular complexity index is 797. The van der Waals surface area contributed by atoms with Crippen molar-refractivity contribution in [2.24, 2.45) is 5.92 Å². The number of benzene rings is 1. The molecule has 0 spiro atoms. The highest BCUT2D eigenvalue weighted by molar-refractivity contribution is 6.30. The highest BCUT2D eigenvalue weighted by Gasteiger charge is 2.30. The number of aromatic nitrogens is 3. The van der Waals surface area contributed by atoms with Gasteiger partial charge in [0.2, 0.25) is 0 Å². The minimum atomic E-state index is -0.798. The zero-order valence-electron chi connectivity index (χ0n) is 13.9. The van der Waals surface area contributed by atoms with Gasteiger partial charge < -0.3 is 10.0 Å². The molecule has 2 heterocycles. The molecule has 8 heteroatoms. The Morgan fingerprint density at radius 2 is 2.04 bits per heavy atom. The standard InChI is InChI=1S/C17H19ClN4O3/c1-2-14-15(16(23)21-8-6-11(7-9-21)17(24)25)19-20-22(14)13-5-3-4-12(18)10-13/h3-5,10-11H,2,6-9H2,1H3,(H,24,25). The van der Waals surface area contributed by atoms with Crippen LogP contribution < -0.4 is 0 Å². The van der Waals surface area contributed by atoms with Crippen LogP contribution in [0.3, 0.4) is 0 Å². The van der Waals surface area contributed by atoms with Crippen molar-refractivity contribution in [1.29, 1.82) is 0 Å². The number of carbonyl (C=O) groups excluding carboxylic acids is 1. The van der Waals surface area contributed by atoms with Crippen LogP contribution in [0.5, 0.6) is 0 Å². The van der Waals surface area contributed by atoms with Gasteiger partial charge in [-0.15, -0.1) is 5.10 Å². The maximum absolute atomic E-state index is 12.8. The molecule has 0 atom stereocenters. The molecule has 0 bridgehead atoms. The largest absolute Gasteiger partial charge is 0.481 e. The summed E-state index contributed by atoms with van der Waals surface area (Å²) in [7, 11) is 0. The number of carbonyl (C=O) groups is 2. The Morgan fingerprint density at radius 3 is 2.64 bits per heavy atom. The fraction of sp³-hybridized carbons (Fsp3) is 0.412. The van der Waals surface area contributed by atoms with Crippen molar-refractivity contribution < 1.29 is 14.7 Å². The number of carboxylic acid groups (broad SMARTS) is 1. The van der Waals surface area contributed by atoms with Crippen LogP contribution in [0, 0.1) is 5.92 Å². The van der Waals surface area contributed by atoms with E-state index >= 15 is 0 Å². The number of halogens is 1. The summed E-state index contributed by atoms with van der Waals surface area (Å²) in [4.78, 5) is 25.5. The minimum Gasteiger partial charge on any atom is -0.481 e. The molecular formula is C17H19ClN4O3. The van der Waals surface area contributed by atoms with E-state index in [1.807, 2.05) is 19.1 Å². The number of piperidine rings is 1. The van der Waals surface area contributed by atoms with Crippen LogP contribution in [-0.4, -0.2) is 50.0 Å². The van der Waals surface area contributed by atoms with Gasteiger partial charge in [-0.2, -0.15) is 0 Å². The number of amides is 1. The lowest BCUT2D eigenvalue weighted by atomic mass is 9.97. The Kier molecular flexibility index (Phi) is 5.03. The van der Waals surface area contributed by atoms with Crippen LogP contribution in [-0.2, 0) is 11.2 Å². The first-order chi connectivity index (χ1) is 12.0. The quantitative estimate of drug-likeness (QED) is 0.902. The van der Waals surface area contributed by atoms with Crippen molar-refractivity contribution >= 4 is 23.5 Å². The van der Waals surface area contributed by atoms with Crippen LogP contribution >= 0.6 is 11.6 Å². The summed E-state index contributed by atoms with van der Waals surface area (Å²) in [6.45, 7) is 2.78. The summed E-state index contributed by atoms with van der Waals surface area (Å²) >= 11 is 6.04. The van der Waals surface area contributed by atoms with Crippen LogP contribution in [0.1, 0.15) is 35.9 Å². The van der Waals surface area contributed by atoms with Gasteiger partial charge in [0.1, 0.15) is 0 Å². The number of carboxylic acids is 1. The van der Waals surface area contributed by atoms with E-state index in [0.717, 1.165) is 5.69 Å². The van der Waals surface area contributed by atoms with Gasteiger partial charge >= 0.3 is 5.97 Å². The first kappa shape index (κ1) is 17.4. The lowest BCUT2D eigenvalue weighted by Gasteiger charge is -2.29. The SMILES string of the molecule is CCc1c(C(=O)N2CCC(C(=O)O)CC2)nnn1-c1cccc(Cl)c1. The van der Waals surface area contributed by atoms with Crippen LogP contribution in [0.2, 0.25) is 5.02 Å². The van der Waals surface area contributed by atoms with E-state index in [1.165, 1.54) is 0 Å². The molecule has 2 aromatic rings. The van der Waals surface area contributed by atoms with Crippen molar-refractivity contribution in [2.45, 2.75) is 26.2 Å². The summed E-state index contributed by atoms with van der Waals surface area (Å²) < 4.78 is 1.63. The van der Waals surface area contributed by atoms with E-state index in [9.17, 15) is 9.59 Å². The zero-order chi connectivity index (χ0) is 18.0. The van der Waals surface area contributed by atoms with Gasteiger partial charge in [0, 0.05) is 18.1 Å². The highest BCUT2D eigenvalue weighted by atomic mass is 35.5. The van der Waals surface area contributed by atoms with Crippen molar-refractivity contribution in [3.63, 3.8) is 0 Å². The molecule has 0 aliphatic carbocycles. The molecular weight excluding hydrogens is 344 g/mol. The third-order valence-electron chi connectivity index (χ3n) is 4.48. The Labute approximate surface area is 150 Å². The monoisotopic (exact) mass is 362 g/mol. The maximum atomic E-state index is 12.8. The van der Waals surface area contributed by atoms with Crippen LogP contribution in [0.4, 0.5) is 0 Å². The molecule has 0 radical (unpaired) electrons. The molecule has 1 aliphatic rings. The Balaban J connectivity index is 1.83. The highest BCUT2D eigenvalue weighted by Crippen LogP contribution is 2.22. The van der Waals surface area contributed by atoms with Gasteiger partial charge in [-0.3, -0.25) is 9.59 Å². The number of hydrogen-bond acceptors (Lipinski definition) is 4. The Hall–Kier alpha value is -2.41. The minimum absolute atomic E-state index is 0.200. The van der Waals surface area contributed by atoms with E-state index in [-0.39, 0.29) is 11.8 Å². The number of aliphatic carboxylic acids is 1. The second-order valence-electron chi connectivity index (χ2n) is 6.03. The maximum Gasteiger partial charge on any atom is 0.306 e. The lowest BCUT2D eigenvalue weighted by Crippen LogP contribution is -2.40.